The maximum atomic E-state index is 5.49. The molecule has 12 heavy (non-hydrogen) atoms. The lowest BCUT2D eigenvalue weighted by atomic mass is 10.00. The van der Waals surface area contributed by atoms with Crippen LogP contribution in [0.15, 0.2) is 24.8 Å². The molecule has 1 aliphatic rings. The topological polar surface area (TPSA) is 9.23 Å². The van der Waals surface area contributed by atoms with E-state index in [9.17, 15) is 0 Å². The molecule has 0 amide bonds. The summed E-state index contributed by atoms with van der Waals surface area (Å²) in [6.45, 7) is 6.87. The first-order chi connectivity index (χ1) is 5.77. The first-order valence-corrected chi connectivity index (χ1v) is 4.19. The van der Waals surface area contributed by atoms with E-state index in [1.165, 1.54) is 16.7 Å². The van der Waals surface area contributed by atoms with E-state index >= 15 is 0 Å². The van der Waals surface area contributed by atoms with E-state index in [1.54, 1.807) is 0 Å². The number of benzene rings is 1. The second-order valence-corrected chi connectivity index (χ2v) is 3.20. The molecule has 0 atom stereocenters. The first kappa shape index (κ1) is 7.41. The summed E-state index contributed by atoms with van der Waals surface area (Å²) in [4.78, 5) is 0. The Labute approximate surface area is 72.7 Å². The largest absolute Gasteiger partial charge is 0.493 e. The van der Waals surface area contributed by atoms with Gasteiger partial charge in [-0.15, -0.1) is 0 Å². The van der Waals surface area contributed by atoms with Crippen molar-refractivity contribution in [1.29, 1.82) is 0 Å². The van der Waals surface area contributed by atoms with Crippen LogP contribution in [0.2, 0.25) is 0 Å². The zero-order chi connectivity index (χ0) is 8.55. The van der Waals surface area contributed by atoms with Gasteiger partial charge in [0.15, 0.2) is 0 Å². The lowest BCUT2D eigenvalue weighted by Gasteiger charge is -2.19. The summed E-state index contributed by atoms with van der Waals surface area (Å²) in [6.07, 6.45) is 0.955. The minimum Gasteiger partial charge on any atom is -0.493 e. The molecule has 0 N–H and O–H groups in total. The van der Waals surface area contributed by atoms with Crippen LogP contribution in [0.25, 0.3) is 5.57 Å². The second-order valence-electron chi connectivity index (χ2n) is 3.20. The maximum Gasteiger partial charge on any atom is 0.126 e. The second kappa shape index (κ2) is 2.67. The summed E-state index contributed by atoms with van der Waals surface area (Å²) in [5, 5.41) is 0. The number of fused-ring (bicyclic) bond motifs is 1. The molecule has 0 fully saturated rings. The van der Waals surface area contributed by atoms with Gasteiger partial charge in [-0.05, 0) is 24.6 Å². The van der Waals surface area contributed by atoms with Crippen molar-refractivity contribution in [2.75, 3.05) is 6.61 Å². The number of aryl methyl sites for hydroxylation is 1. The Morgan fingerprint density at radius 3 is 3.08 bits per heavy atom. The van der Waals surface area contributed by atoms with Crippen molar-refractivity contribution in [3.63, 3.8) is 0 Å². The first-order valence-electron chi connectivity index (χ1n) is 4.19. The summed E-state index contributed by atoms with van der Waals surface area (Å²) >= 11 is 0. The van der Waals surface area contributed by atoms with E-state index in [0.29, 0.717) is 0 Å². The molecule has 0 radical (unpaired) electrons. The monoisotopic (exact) mass is 160 g/mol. The van der Waals surface area contributed by atoms with Gasteiger partial charge in [0, 0.05) is 12.0 Å². The molecule has 2 rings (SSSR count). The fourth-order valence-corrected chi connectivity index (χ4v) is 1.46. The van der Waals surface area contributed by atoms with Crippen LogP contribution in [0, 0.1) is 6.92 Å². The fourth-order valence-electron chi connectivity index (χ4n) is 1.46. The standard InChI is InChI=1S/C11H12O/c1-8-3-4-11-10(7-8)9(2)5-6-12-11/h3-4,7H,2,5-6H2,1H3. The van der Waals surface area contributed by atoms with Crippen LogP contribution in [0.1, 0.15) is 17.5 Å². The molecule has 0 saturated heterocycles. The van der Waals surface area contributed by atoms with Crippen LogP contribution < -0.4 is 4.74 Å². The van der Waals surface area contributed by atoms with Gasteiger partial charge in [0.25, 0.3) is 0 Å². The Morgan fingerprint density at radius 2 is 2.25 bits per heavy atom. The Balaban J connectivity index is 2.54. The predicted octanol–water partition coefficient (Wildman–Crippen LogP) is 2.79. The zero-order valence-electron chi connectivity index (χ0n) is 7.26. The average molecular weight is 160 g/mol. The molecule has 0 saturated carbocycles. The van der Waals surface area contributed by atoms with Gasteiger partial charge in [0.05, 0.1) is 6.61 Å². The number of ether oxygens (including phenoxy) is 1. The molecule has 0 unspecified atom stereocenters. The highest BCUT2D eigenvalue weighted by molar-refractivity contribution is 5.70. The van der Waals surface area contributed by atoms with E-state index in [1.807, 2.05) is 6.07 Å². The van der Waals surface area contributed by atoms with E-state index in [-0.39, 0.29) is 0 Å². The molecular weight excluding hydrogens is 148 g/mol. The summed E-state index contributed by atoms with van der Waals surface area (Å²) < 4.78 is 5.49. The van der Waals surface area contributed by atoms with Gasteiger partial charge in [0.2, 0.25) is 0 Å². The molecule has 1 heterocycles. The van der Waals surface area contributed by atoms with Crippen LogP contribution in [0.3, 0.4) is 0 Å². The van der Waals surface area contributed by atoms with Gasteiger partial charge in [0.1, 0.15) is 5.75 Å². The van der Waals surface area contributed by atoms with E-state index in [4.69, 9.17) is 4.74 Å². The van der Waals surface area contributed by atoms with Crippen molar-refractivity contribution >= 4 is 5.57 Å². The maximum absolute atomic E-state index is 5.49. The minimum absolute atomic E-state index is 0.773. The van der Waals surface area contributed by atoms with E-state index in [2.05, 4.69) is 25.6 Å². The Morgan fingerprint density at radius 1 is 1.42 bits per heavy atom. The van der Waals surface area contributed by atoms with Crippen molar-refractivity contribution in [3.05, 3.63) is 35.9 Å². The highest BCUT2D eigenvalue weighted by atomic mass is 16.5. The van der Waals surface area contributed by atoms with Gasteiger partial charge in [-0.2, -0.15) is 0 Å². The third-order valence-electron chi connectivity index (χ3n) is 2.18. The summed E-state index contributed by atoms with van der Waals surface area (Å²) in [7, 11) is 0. The van der Waals surface area contributed by atoms with Crippen LogP contribution in [-0.2, 0) is 0 Å². The fraction of sp³-hybridized carbons (Fsp3) is 0.273. The number of hydrogen-bond acceptors (Lipinski definition) is 1. The quantitative estimate of drug-likeness (QED) is 0.567. The van der Waals surface area contributed by atoms with E-state index < -0.39 is 0 Å². The molecule has 1 nitrogen and oxygen atoms in total. The smallest absolute Gasteiger partial charge is 0.126 e. The number of rotatable bonds is 0. The Kier molecular flexibility index (Phi) is 1.65. The molecule has 0 aliphatic carbocycles. The molecule has 1 aromatic carbocycles. The third-order valence-corrected chi connectivity index (χ3v) is 2.18. The summed E-state index contributed by atoms with van der Waals surface area (Å²) in [5.74, 6) is 0.983. The average Bonchev–Trinajstić information content (AvgIpc) is 2.07. The summed E-state index contributed by atoms with van der Waals surface area (Å²) in [5.41, 5.74) is 3.64. The van der Waals surface area contributed by atoms with Crippen molar-refractivity contribution in [2.24, 2.45) is 0 Å². The van der Waals surface area contributed by atoms with Crippen molar-refractivity contribution in [1.82, 2.24) is 0 Å². The molecule has 1 aromatic rings. The van der Waals surface area contributed by atoms with Gasteiger partial charge in [-0.25, -0.2) is 0 Å². The SMILES string of the molecule is C=C1CCOc2ccc(C)cc21. The molecule has 0 spiro atoms. The van der Waals surface area contributed by atoms with Crippen molar-refractivity contribution in [2.45, 2.75) is 13.3 Å². The highest BCUT2D eigenvalue weighted by Gasteiger charge is 2.12. The molecule has 0 aromatic heterocycles. The lowest BCUT2D eigenvalue weighted by molar-refractivity contribution is 0.316. The van der Waals surface area contributed by atoms with Crippen LogP contribution in [0.4, 0.5) is 0 Å². The Hall–Kier alpha value is -1.24. The molecule has 0 bridgehead atoms. The third kappa shape index (κ3) is 1.11. The van der Waals surface area contributed by atoms with Gasteiger partial charge in [-0.3, -0.25) is 0 Å². The van der Waals surface area contributed by atoms with Gasteiger partial charge in [-0.1, -0.05) is 18.2 Å². The van der Waals surface area contributed by atoms with Crippen LogP contribution >= 0.6 is 0 Å². The summed E-state index contributed by atoms with van der Waals surface area (Å²) in [6, 6.07) is 6.23. The molecule has 62 valence electrons. The number of hydrogen-bond donors (Lipinski definition) is 0. The minimum atomic E-state index is 0.773. The molecule has 1 aliphatic heterocycles. The van der Waals surface area contributed by atoms with Crippen molar-refractivity contribution in [3.8, 4) is 5.75 Å². The normalized spacial score (nSPS) is 15.2. The zero-order valence-corrected chi connectivity index (χ0v) is 7.26. The lowest BCUT2D eigenvalue weighted by Crippen LogP contribution is -2.06. The van der Waals surface area contributed by atoms with E-state index in [0.717, 1.165) is 18.8 Å². The Bertz CT molecular complexity index is 326. The molecular formula is C11H12O. The predicted molar refractivity (Wildman–Crippen MR) is 50.3 cm³/mol. The van der Waals surface area contributed by atoms with Gasteiger partial charge >= 0.3 is 0 Å². The molecule has 1 heteroatoms. The van der Waals surface area contributed by atoms with Crippen LogP contribution in [-0.4, -0.2) is 6.61 Å². The van der Waals surface area contributed by atoms with Crippen molar-refractivity contribution < 1.29 is 4.74 Å². The van der Waals surface area contributed by atoms with Gasteiger partial charge < -0.3 is 4.74 Å². The highest BCUT2D eigenvalue weighted by Crippen LogP contribution is 2.31. The van der Waals surface area contributed by atoms with Crippen LogP contribution in [0.5, 0.6) is 5.75 Å².